The minimum absolute atomic E-state index is 0.175. The average molecular weight is 386 g/mol. The van der Waals surface area contributed by atoms with Crippen molar-refractivity contribution in [3.8, 4) is 5.69 Å². The van der Waals surface area contributed by atoms with Crippen molar-refractivity contribution in [2.24, 2.45) is 14.1 Å². The molecule has 0 fully saturated rings. The molecule has 6 nitrogen and oxygen atoms in total. The Balaban J connectivity index is 1.88. The van der Waals surface area contributed by atoms with Crippen molar-refractivity contribution >= 4 is 16.6 Å². The Morgan fingerprint density at radius 3 is 2.41 bits per heavy atom. The van der Waals surface area contributed by atoms with Gasteiger partial charge in [-0.3, -0.25) is 13.9 Å². The van der Waals surface area contributed by atoms with E-state index in [1.54, 1.807) is 11.6 Å². The lowest BCUT2D eigenvalue weighted by Gasteiger charge is -2.30. The second-order valence-corrected chi connectivity index (χ2v) is 7.54. The van der Waals surface area contributed by atoms with Crippen LogP contribution in [-0.4, -0.2) is 13.7 Å². The van der Waals surface area contributed by atoms with Crippen molar-refractivity contribution in [2.45, 2.75) is 19.4 Å². The van der Waals surface area contributed by atoms with E-state index in [0.717, 1.165) is 29.1 Å². The summed E-state index contributed by atoms with van der Waals surface area (Å²) in [7, 11) is 3.25. The predicted molar refractivity (Wildman–Crippen MR) is 115 cm³/mol. The van der Waals surface area contributed by atoms with E-state index in [0.29, 0.717) is 10.9 Å². The molecule has 0 saturated carbocycles. The Labute approximate surface area is 167 Å². The molecule has 2 aromatic carbocycles. The number of hydrogen-bond donors (Lipinski definition) is 1. The minimum atomic E-state index is -0.324. The Kier molecular flexibility index (Phi) is 3.77. The molecule has 0 radical (unpaired) electrons. The number of nitrogens with one attached hydrogen (secondary N) is 1. The predicted octanol–water partition coefficient (Wildman–Crippen LogP) is 3.11. The maximum absolute atomic E-state index is 12.9. The summed E-state index contributed by atoms with van der Waals surface area (Å²) in [6, 6.07) is 16.3. The number of hydrogen-bond acceptors (Lipinski definition) is 3. The van der Waals surface area contributed by atoms with E-state index in [2.05, 4.69) is 41.1 Å². The normalized spacial score (nSPS) is 15.1. The summed E-state index contributed by atoms with van der Waals surface area (Å²) in [5.41, 5.74) is 5.29. The van der Waals surface area contributed by atoms with Gasteiger partial charge in [0.1, 0.15) is 0 Å². The van der Waals surface area contributed by atoms with Gasteiger partial charge in [-0.1, -0.05) is 43.3 Å². The zero-order chi connectivity index (χ0) is 20.3. The van der Waals surface area contributed by atoms with Gasteiger partial charge in [0, 0.05) is 20.3 Å². The third-order valence-electron chi connectivity index (χ3n) is 5.92. The first-order valence-electron chi connectivity index (χ1n) is 9.77. The monoisotopic (exact) mass is 386 g/mol. The molecule has 146 valence electrons. The van der Waals surface area contributed by atoms with Gasteiger partial charge in [-0.25, -0.2) is 4.79 Å². The molecule has 1 aliphatic heterocycles. The summed E-state index contributed by atoms with van der Waals surface area (Å²) in [5, 5.41) is 4.16. The van der Waals surface area contributed by atoms with Crippen molar-refractivity contribution in [2.75, 3.05) is 5.32 Å². The lowest BCUT2D eigenvalue weighted by atomic mass is 9.98. The van der Waals surface area contributed by atoms with E-state index >= 15 is 0 Å². The molecular weight excluding hydrogens is 364 g/mol. The van der Waals surface area contributed by atoms with E-state index in [9.17, 15) is 9.59 Å². The SMILES string of the molecule is CCc1ccc([C@H]2Nc3ccccc3-n3cc4c(=O)n(C)c(=O)n(C)c4c32)cc1. The summed E-state index contributed by atoms with van der Waals surface area (Å²) < 4.78 is 4.79. The topological polar surface area (TPSA) is 61.0 Å². The number of benzene rings is 2. The number of para-hydroxylation sites is 2. The molecule has 1 N–H and O–H groups in total. The summed E-state index contributed by atoms with van der Waals surface area (Å²) in [5.74, 6) is 0. The highest BCUT2D eigenvalue weighted by atomic mass is 16.2. The molecule has 4 aromatic rings. The maximum Gasteiger partial charge on any atom is 0.331 e. The lowest BCUT2D eigenvalue weighted by Crippen LogP contribution is -2.37. The van der Waals surface area contributed by atoms with E-state index in [4.69, 9.17) is 0 Å². The van der Waals surface area contributed by atoms with Gasteiger partial charge in [-0.05, 0) is 29.7 Å². The third-order valence-corrected chi connectivity index (χ3v) is 5.92. The van der Waals surface area contributed by atoms with E-state index in [-0.39, 0.29) is 17.3 Å². The van der Waals surface area contributed by atoms with Crippen molar-refractivity contribution in [1.29, 1.82) is 0 Å². The molecule has 0 bridgehead atoms. The zero-order valence-electron chi connectivity index (χ0n) is 16.6. The molecular formula is C23H22N4O2. The molecule has 0 amide bonds. The van der Waals surface area contributed by atoms with E-state index in [1.807, 2.05) is 30.5 Å². The van der Waals surface area contributed by atoms with Crippen LogP contribution >= 0.6 is 0 Å². The lowest BCUT2D eigenvalue weighted by molar-refractivity contribution is 0.708. The van der Waals surface area contributed by atoms with Gasteiger partial charge < -0.3 is 9.88 Å². The fourth-order valence-corrected chi connectivity index (χ4v) is 4.30. The van der Waals surface area contributed by atoms with Crippen LogP contribution in [0.15, 0.2) is 64.3 Å². The van der Waals surface area contributed by atoms with Crippen molar-refractivity contribution < 1.29 is 0 Å². The molecule has 1 aliphatic rings. The largest absolute Gasteiger partial charge is 0.371 e. The number of aromatic nitrogens is 3. The highest BCUT2D eigenvalue weighted by molar-refractivity contribution is 5.86. The first-order valence-corrected chi connectivity index (χ1v) is 9.77. The standard InChI is InChI=1S/C23H22N4O2/c1-4-14-9-11-15(12-10-14)19-21-20-16(22(28)26(3)23(29)25(20)2)13-27(21)18-8-6-5-7-17(18)24-19/h5-13,19,24H,4H2,1-3H3/t19-/m1/s1. The van der Waals surface area contributed by atoms with Crippen LogP contribution < -0.4 is 16.6 Å². The van der Waals surface area contributed by atoms with E-state index < -0.39 is 0 Å². The van der Waals surface area contributed by atoms with Crippen LogP contribution in [0.25, 0.3) is 16.6 Å². The van der Waals surface area contributed by atoms with Gasteiger partial charge >= 0.3 is 5.69 Å². The molecule has 2 aromatic heterocycles. The van der Waals surface area contributed by atoms with Crippen molar-refractivity contribution in [3.63, 3.8) is 0 Å². The molecule has 3 heterocycles. The number of rotatable bonds is 2. The molecule has 5 rings (SSSR count). The van der Waals surface area contributed by atoms with Gasteiger partial charge in [-0.2, -0.15) is 0 Å². The molecule has 1 atom stereocenters. The van der Waals surface area contributed by atoms with Crippen LogP contribution in [0.5, 0.6) is 0 Å². The minimum Gasteiger partial charge on any atom is -0.371 e. The summed E-state index contributed by atoms with van der Waals surface area (Å²) >= 11 is 0. The number of nitrogens with zero attached hydrogens (tertiary/aromatic N) is 3. The first-order chi connectivity index (χ1) is 14.0. The van der Waals surface area contributed by atoms with Gasteiger partial charge in [0.2, 0.25) is 0 Å². The Hall–Kier alpha value is -3.54. The van der Waals surface area contributed by atoms with Crippen LogP contribution in [0.2, 0.25) is 0 Å². The Morgan fingerprint density at radius 1 is 0.966 bits per heavy atom. The molecule has 29 heavy (non-hydrogen) atoms. The summed E-state index contributed by atoms with van der Waals surface area (Å²) in [4.78, 5) is 25.5. The van der Waals surface area contributed by atoms with Gasteiger partial charge in [0.15, 0.2) is 0 Å². The smallest absolute Gasteiger partial charge is 0.331 e. The number of fused-ring (bicyclic) bond motifs is 5. The Morgan fingerprint density at radius 2 is 1.69 bits per heavy atom. The molecule has 0 unspecified atom stereocenters. The van der Waals surface area contributed by atoms with Crippen molar-refractivity contribution in [1.82, 2.24) is 13.7 Å². The van der Waals surface area contributed by atoms with Gasteiger partial charge in [0.25, 0.3) is 5.56 Å². The van der Waals surface area contributed by atoms with Crippen LogP contribution in [0.1, 0.15) is 29.8 Å². The average Bonchev–Trinajstić information content (AvgIpc) is 3.17. The summed E-state index contributed by atoms with van der Waals surface area (Å²) in [6.07, 6.45) is 2.84. The summed E-state index contributed by atoms with van der Waals surface area (Å²) in [6.45, 7) is 2.13. The van der Waals surface area contributed by atoms with Crippen molar-refractivity contribution in [3.05, 3.63) is 92.4 Å². The quantitative estimate of drug-likeness (QED) is 0.576. The third kappa shape index (κ3) is 2.42. The zero-order valence-corrected chi connectivity index (χ0v) is 16.6. The Bertz CT molecular complexity index is 1370. The van der Waals surface area contributed by atoms with Crippen LogP contribution in [0, 0.1) is 0 Å². The molecule has 6 heteroatoms. The van der Waals surface area contributed by atoms with Crippen LogP contribution in [0.4, 0.5) is 5.69 Å². The molecule has 0 aliphatic carbocycles. The van der Waals surface area contributed by atoms with E-state index in [1.165, 1.54) is 17.2 Å². The highest BCUT2D eigenvalue weighted by Gasteiger charge is 2.30. The highest BCUT2D eigenvalue weighted by Crippen LogP contribution is 2.40. The molecule has 0 saturated heterocycles. The number of aryl methyl sites for hydroxylation is 2. The fourth-order valence-electron chi connectivity index (χ4n) is 4.30. The first kappa shape index (κ1) is 17.6. The fraction of sp³-hybridized carbons (Fsp3) is 0.217. The molecule has 0 spiro atoms. The van der Waals surface area contributed by atoms with Crippen LogP contribution in [-0.2, 0) is 20.5 Å². The van der Waals surface area contributed by atoms with Crippen LogP contribution in [0.3, 0.4) is 0 Å². The maximum atomic E-state index is 12.9. The number of anilines is 1. The van der Waals surface area contributed by atoms with Gasteiger partial charge in [-0.15, -0.1) is 0 Å². The second-order valence-electron chi connectivity index (χ2n) is 7.54. The second kappa shape index (κ2) is 6.24. The van der Waals surface area contributed by atoms with Gasteiger partial charge in [0.05, 0.1) is 34.0 Å².